The maximum atomic E-state index is 12.9. The van der Waals surface area contributed by atoms with Gasteiger partial charge < -0.3 is 10.6 Å². The average Bonchev–Trinajstić information content (AvgIpc) is 2.82. The van der Waals surface area contributed by atoms with Crippen molar-refractivity contribution in [1.29, 1.82) is 0 Å². The Morgan fingerprint density at radius 3 is 2.55 bits per heavy atom. The van der Waals surface area contributed by atoms with Crippen LogP contribution in [0.2, 0.25) is 0 Å². The van der Waals surface area contributed by atoms with Gasteiger partial charge >= 0.3 is 6.18 Å². The Labute approximate surface area is 134 Å². The number of nitrogens with zero attached hydrogens (tertiary/aromatic N) is 1. The Hall–Kier alpha value is -1.27. The second-order valence-corrected chi connectivity index (χ2v) is 5.91. The maximum Gasteiger partial charge on any atom is 0.416 e. The summed E-state index contributed by atoms with van der Waals surface area (Å²) in [5.74, 6) is -0.274. The third kappa shape index (κ3) is 4.14. The Balaban J connectivity index is 0.00000242. The van der Waals surface area contributed by atoms with Gasteiger partial charge in [0.05, 0.1) is 12.0 Å². The van der Waals surface area contributed by atoms with E-state index >= 15 is 0 Å². The van der Waals surface area contributed by atoms with E-state index in [4.69, 9.17) is 5.73 Å². The molecule has 124 valence electrons. The summed E-state index contributed by atoms with van der Waals surface area (Å²) in [7, 11) is 0. The van der Waals surface area contributed by atoms with Gasteiger partial charge in [0, 0.05) is 13.1 Å². The van der Waals surface area contributed by atoms with Crippen molar-refractivity contribution in [3.63, 3.8) is 0 Å². The minimum atomic E-state index is -4.44. The summed E-state index contributed by atoms with van der Waals surface area (Å²) in [5, 5.41) is 0. The molecule has 0 radical (unpaired) electrons. The van der Waals surface area contributed by atoms with Gasteiger partial charge in [-0.3, -0.25) is 4.79 Å². The van der Waals surface area contributed by atoms with Gasteiger partial charge in [0.1, 0.15) is 0 Å². The zero-order chi connectivity index (χ0) is 15.7. The molecule has 1 saturated heterocycles. The van der Waals surface area contributed by atoms with Crippen LogP contribution in [-0.2, 0) is 17.4 Å². The highest BCUT2D eigenvalue weighted by molar-refractivity contribution is 5.85. The van der Waals surface area contributed by atoms with E-state index in [1.165, 1.54) is 18.2 Å². The van der Waals surface area contributed by atoms with Crippen LogP contribution in [0.15, 0.2) is 24.3 Å². The molecule has 1 heterocycles. The van der Waals surface area contributed by atoms with Crippen molar-refractivity contribution >= 4 is 18.3 Å². The van der Waals surface area contributed by atoms with E-state index in [-0.39, 0.29) is 35.7 Å². The lowest BCUT2D eigenvalue weighted by atomic mass is 9.90. The average molecular weight is 337 g/mol. The van der Waals surface area contributed by atoms with Crippen LogP contribution in [-0.4, -0.2) is 30.4 Å². The van der Waals surface area contributed by atoms with Crippen LogP contribution in [0.3, 0.4) is 0 Å². The molecule has 0 bridgehead atoms. The largest absolute Gasteiger partial charge is 0.416 e. The predicted molar refractivity (Wildman–Crippen MR) is 80.8 cm³/mol. The van der Waals surface area contributed by atoms with Crippen LogP contribution in [0.25, 0.3) is 0 Å². The highest BCUT2D eigenvalue weighted by Crippen LogP contribution is 2.33. The maximum absolute atomic E-state index is 12.9. The topological polar surface area (TPSA) is 46.3 Å². The fraction of sp³-hybridized carbons (Fsp3) is 0.533. The summed E-state index contributed by atoms with van der Waals surface area (Å²) >= 11 is 0. The van der Waals surface area contributed by atoms with Crippen LogP contribution < -0.4 is 5.73 Å². The Morgan fingerprint density at radius 1 is 1.36 bits per heavy atom. The van der Waals surface area contributed by atoms with Gasteiger partial charge in [0.25, 0.3) is 0 Å². The lowest BCUT2D eigenvalue weighted by Crippen LogP contribution is -2.35. The number of carbonyl (C=O) groups excluding carboxylic acids is 1. The molecule has 0 aliphatic carbocycles. The predicted octanol–water partition coefficient (Wildman–Crippen LogP) is 2.87. The molecule has 3 nitrogen and oxygen atoms in total. The van der Waals surface area contributed by atoms with Crippen molar-refractivity contribution in [3.05, 3.63) is 35.4 Å². The van der Waals surface area contributed by atoms with Gasteiger partial charge in [0.15, 0.2) is 0 Å². The van der Waals surface area contributed by atoms with E-state index in [9.17, 15) is 18.0 Å². The third-order valence-corrected chi connectivity index (χ3v) is 4.07. The highest BCUT2D eigenvalue weighted by Gasteiger charge is 2.37. The molecule has 2 N–H and O–H groups in total. The minimum absolute atomic E-state index is 0. The van der Waals surface area contributed by atoms with Gasteiger partial charge in [-0.2, -0.15) is 13.2 Å². The van der Waals surface area contributed by atoms with E-state index in [0.29, 0.717) is 19.6 Å². The van der Waals surface area contributed by atoms with Crippen molar-refractivity contribution in [2.24, 2.45) is 11.1 Å². The summed E-state index contributed by atoms with van der Waals surface area (Å²) in [4.78, 5) is 13.8. The van der Waals surface area contributed by atoms with Gasteiger partial charge in [-0.1, -0.05) is 25.1 Å². The number of carbonyl (C=O) groups is 1. The van der Waals surface area contributed by atoms with Crippen LogP contribution in [0.5, 0.6) is 0 Å². The molecule has 0 aromatic heterocycles. The number of rotatable bonds is 3. The third-order valence-electron chi connectivity index (χ3n) is 4.07. The van der Waals surface area contributed by atoms with Crippen molar-refractivity contribution in [1.82, 2.24) is 4.90 Å². The molecule has 7 heteroatoms. The first-order chi connectivity index (χ1) is 9.75. The van der Waals surface area contributed by atoms with Crippen LogP contribution >= 0.6 is 12.4 Å². The van der Waals surface area contributed by atoms with Gasteiger partial charge in [-0.15, -0.1) is 12.4 Å². The quantitative estimate of drug-likeness (QED) is 0.922. The van der Waals surface area contributed by atoms with Crippen LogP contribution in [0, 0.1) is 5.41 Å². The number of nitrogens with two attached hydrogens (primary N) is 1. The molecule has 1 aromatic rings. The number of likely N-dealkylation sites (tertiary alicyclic amines) is 1. The first-order valence-electron chi connectivity index (χ1n) is 6.88. The second-order valence-electron chi connectivity index (χ2n) is 5.91. The van der Waals surface area contributed by atoms with Gasteiger partial charge in [0.2, 0.25) is 5.91 Å². The molecular weight excluding hydrogens is 317 g/mol. The molecule has 0 saturated carbocycles. The fourth-order valence-electron chi connectivity index (χ4n) is 2.63. The molecule has 1 atom stereocenters. The SMILES string of the molecule is CC1(CN)CCN(C(=O)Cc2ccccc2C(F)(F)F)C1.Cl. The van der Waals surface area contributed by atoms with Crippen molar-refractivity contribution in [3.8, 4) is 0 Å². The van der Waals surface area contributed by atoms with E-state index in [2.05, 4.69) is 0 Å². The first kappa shape index (κ1) is 18.8. The smallest absolute Gasteiger partial charge is 0.342 e. The summed E-state index contributed by atoms with van der Waals surface area (Å²) < 4.78 is 38.7. The number of benzene rings is 1. The number of hydrogen-bond acceptors (Lipinski definition) is 2. The standard InChI is InChI=1S/C15H19F3N2O.ClH/c1-14(9-19)6-7-20(10-14)13(21)8-11-4-2-3-5-12(11)15(16,17)18;/h2-5H,6-10,19H2,1H3;1H. The number of hydrogen-bond donors (Lipinski definition) is 1. The van der Waals surface area contributed by atoms with E-state index in [1.807, 2.05) is 6.92 Å². The normalized spacial score (nSPS) is 21.6. The highest BCUT2D eigenvalue weighted by atomic mass is 35.5. The van der Waals surface area contributed by atoms with Gasteiger partial charge in [-0.05, 0) is 30.0 Å². The molecule has 0 spiro atoms. The zero-order valence-corrected chi connectivity index (χ0v) is 13.1. The molecular formula is C15H20ClF3N2O. The number of alkyl halides is 3. The van der Waals surface area contributed by atoms with Crippen LogP contribution in [0.1, 0.15) is 24.5 Å². The monoisotopic (exact) mass is 336 g/mol. The molecule has 1 amide bonds. The second kappa shape index (κ2) is 6.87. The molecule has 2 rings (SSSR count). The molecule has 1 unspecified atom stereocenters. The molecule has 1 aromatic carbocycles. The van der Waals surface area contributed by atoms with Gasteiger partial charge in [-0.25, -0.2) is 0 Å². The Morgan fingerprint density at radius 2 is 2.00 bits per heavy atom. The molecule has 1 aliphatic heterocycles. The summed E-state index contributed by atoms with van der Waals surface area (Å²) in [6.07, 6.45) is -3.87. The molecule has 1 aliphatic rings. The number of halogens is 4. The van der Waals surface area contributed by atoms with E-state index in [1.54, 1.807) is 4.90 Å². The lowest BCUT2D eigenvalue weighted by molar-refractivity contribution is -0.138. The molecule has 22 heavy (non-hydrogen) atoms. The zero-order valence-electron chi connectivity index (χ0n) is 12.3. The summed E-state index contributed by atoms with van der Waals surface area (Å²) in [6, 6.07) is 5.22. The summed E-state index contributed by atoms with van der Waals surface area (Å²) in [5.41, 5.74) is 4.84. The van der Waals surface area contributed by atoms with E-state index < -0.39 is 11.7 Å². The first-order valence-corrected chi connectivity index (χ1v) is 6.88. The fourth-order valence-corrected chi connectivity index (χ4v) is 2.63. The van der Waals surface area contributed by atoms with Crippen molar-refractivity contribution < 1.29 is 18.0 Å². The van der Waals surface area contributed by atoms with Crippen LogP contribution in [0.4, 0.5) is 13.2 Å². The van der Waals surface area contributed by atoms with Crippen molar-refractivity contribution in [2.75, 3.05) is 19.6 Å². The number of amides is 1. The summed E-state index contributed by atoms with van der Waals surface area (Å²) in [6.45, 7) is 3.52. The minimum Gasteiger partial charge on any atom is -0.342 e. The molecule has 1 fully saturated rings. The van der Waals surface area contributed by atoms with Crippen molar-refractivity contribution in [2.45, 2.75) is 25.9 Å². The van der Waals surface area contributed by atoms with E-state index in [0.717, 1.165) is 12.5 Å². The Kier molecular flexibility index (Phi) is 5.87. The lowest BCUT2D eigenvalue weighted by Gasteiger charge is -2.23. The Bertz CT molecular complexity index is 536.